The van der Waals surface area contributed by atoms with Crippen molar-refractivity contribution in [1.82, 2.24) is 38.8 Å². The lowest BCUT2D eigenvalue weighted by molar-refractivity contribution is 0.734. The summed E-state index contributed by atoms with van der Waals surface area (Å²) in [6.45, 7) is 2.15. The van der Waals surface area contributed by atoms with Crippen LogP contribution in [0, 0.1) is 0 Å². The van der Waals surface area contributed by atoms with Gasteiger partial charge in [0.05, 0.1) is 11.8 Å². The molecule has 0 amide bonds. The minimum atomic E-state index is -0.000727. The van der Waals surface area contributed by atoms with Crippen LogP contribution >= 0.6 is 8.73 Å². The lowest BCUT2D eigenvalue weighted by atomic mass is 9.90. The Balaban J connectivity index is 1.53. The molecule has 5 heterocycles. The minimum absolute atomic E-state index is 0.000588. The summed E-state index contributed by atoms with van der Waals surface area (Å²) in [6.07, 6.45) is 8.52. The summed E-state index contributed by atoms with van der Waals surface area (Å²) in [5, 5.41) is 4.10. The van der Waals surface area contributed by atoms with Crippen LogP contribution in [-0.2, 0) is 7.05 Å². The molecule has 0 saturated heterocycles. The number of rotatable bonds is 1. The van der Waals surface area contributed by atoms with Crippen molar-refractivity contribution >= 4 is 52.9 Å². The van der Waals surface area contributed by atoms with Crippen molar-refractivity contribution in [2.24, 2.45) is 7.05 Å². The molecule has 3 aromatic carbocycles. The second kappa shape index (κ2) is 9.21. The number of aromatic nitrogens is 8. The average molecular weight is 577 g/mol. The number of hydrogen-bond donors (Lipinski definition) is 0. The van der Waals surface area contributed by atoms with Crippen molar-refractivity contribution < 1.29 is 0 Å². The topological polar surface area (TPSA) is 87.2 Å². The van der Waals surface area contributed by atoms with Crippen LogP contribution in [0.25, 0.3) is 66.9 Å². The summed E-state index contributed by atoms with van der Waals surface area (Å²) in [5.41, 5.74) is 5.23. The van der Waals surface area contributed by atoms with E-state index < -0.39 is 0 Å². The van der Waals surface area contributed by atoms with Crippen molar-refractivity contribution in [1.29, 1.82) is 0 Å². The Morgan fingerprint density at radius 2 is 0.977 bits per heavy atom. The minimum Gasteiger partial charge on any atom is -0.313 e. The zero-order chi connectivity index (χ0) is 28.7. The van der Waals surface area contributed by atoms with Gasteiger partial charge in [0.1, 0.15) is 34.2 Å². The third-order valence-corrected chi connectivity index (χ3v) is 9.42. The van der Waals surface area contributed by atoms with E-state index in [0.29, 0.717) is 20.4 Å². The molecule has 0 N–H and O–H groups in total. The summed E-state index contributed by atoms with van der Waals surface area (Å²) < 4.78 is 4.25. The summed E-state index contributed by atoms with van der Waals surface area (Å²) in [7, 11) is 2.41. The van der Waals surface area contributed by atoms with Gasteiger partial charge in [-0.1, -0.05) is 97.1 Å². The summed E-state index contributed by atoms with van der Waals surface area (Å²) in [4.78, 5) is 31.1. The Morgan fingerprint density at radius 1 is 0.535 bits per heavy atom. The Kier molecular flexibility index (Phi) is 5.25. The standard InChI is InChI=1S/C34H25N8P/c1-41-31-23-15-7-8-16-24(23)32(41)38-28-20-12-4-6-14-22(20)30(36-28)40-34-26-18-10-9-17-25(26)33(42(34)43-2)39-29-21-13-5-3-11-19(21)27(35-29)37-31/h3-19,21,43H,1-2H3. The fourth-order valence-corrected chi connectivity index (χ4v) is 7.26. The fourth-order valence-electron chi connectivity index (χ4n) is 6.50. The van der Waals surface area contributed by atoms with Crippen LogP contribution in [0.2, 0.25) is 0 Å². The number of allylic oxidation sites excluding steroid dienone is 4. The van der Waals surface area contributed by atoms with Gasteiger partial charge < -0.3 is 4.57 Å². The Morgan fingerprint density at radius 3 is 1.53 bits per heavy atom. The van der Waals surface area contributed by atoms with Gasteiger partial charge in [-0.15, -0.1) is 0 Å². The van der Waals surface area contributed by atoms with Crippen LogP contribution in [0.5, 0.6) is 0 Å². The molecule has 6 aromatic rings. The van der Waals surface area contributed by atoms with Crippen molar-refractivity contribution in [3.05, 3.63) is 109 Å². The molecule has 3 aliphatic rings. The van der Waals surface area contributed by atoms with Crippen molar-refractivity contribution in [3.8, 4) is 22.8 Å². The molecule has 206 valence electrons. The first-order valence-electron chi connectivity index (χ1n) is 14.3. The van der Waals surface area contributed by atoms with E-state index in [-0.39, 0.29) is 11.8 Å². The third kappa shape index (κ3) is 3.53. The normalized spacial score (nSPS) is 17.3. The highest BCUT2D eigenvalue weighted by molar-refractivity contribution is 7.35. The van der Waals surface area contributed by atoms with Crippen LogP contribution < -0.4 is 0 Å². The van der Waals surface area contributed by atoms with Gasteiger partial charge in [0.25, 0.3) is 0 Å². The lowest BCUT2D eigenvalue weighted by Gasteiger charge is -2.13. The number of nitrogens with zero attached hydrogens (tertiary/aromatic N) is 8. The van der Waals surface area contributed by atoms with Gasteiger partial charge in [0, 0.05) is 39.7 Å². The molecule has 3 atom stereocenters. The summed E-state index contributed by atoms with van der Waals surface area (Å²) >= 11 is 0. The molecule has 3 aromatic heterocycles. The molecule has 1 aliphatic carbocycles. The molecule has 3 unspecified atom stereocenters. The van der Waals surface area contributed by atoms with Gasteiger partial charge in [0.15, 0.2) is 11.6 Å². The quantitative estimate of drug-likeness (QED) is 0.194. The molecule has 9 heteroatoms. The van der Waals surface area contributed by atoms with E-state index in [9.17, 15) is 0 Å². The maximum absolute atomic E-state index is 5.30. The van der Waals surface area contributed by atoms with Gasteiger partial charge in [-0.05, 0) is 15.4 Å². The zero-order valence-corrected chi connectivity index (χ0v) is 24.5. The fraction of sp³-hybridized carbons (Fsp3) is 0.118. The number of fused-ring (bicyclic) bond motifs is 20. The first-order chi connectivity index (χ1) is 21.2. The third-order valence-electron chi connectivity index (χ3n) is 8.55. The molecular formula is C34H25N8P. The molecular weight excluding hydrogens is 551 g/mol. The monoisotopic (exact) mass is 576 g/mol. The van der Waals surface area contributed by atoms with E-state index in [1.165, 1.54) is 0 Å². The van der Waals surface area contributed by atoms with Crippen LogP contribution in [-0.4, -0.2) is 45.5 Å². The van der Waals surface area contributed by atoms with E-state index in [0.717, 1.165) is 66.9 Å². The van der Waals surface area contributed by atoms with Crippen molar-refractivity contribution in [3.63, 3.8) is 0 Å². The summed E-state index contributed by atoms with van der Waals surface area (Å²) in [5.74, 6) is 2.79. The van der Waals surface area contributed by atoms with Crippen molar-refractivity contribution in [2.45, 2.75) is 11.8 Å². The first-order valence-corrected chi connectivity index (χ1v) is 15.8. The Hall–Kier alpha value is -5.07. The van der Waals surface area contributed by atoms with Gasteiger partial charge in [0.2, 0.25) is 0 Å². The highest BCUT2D eigenvalue weighted by atomic mass is 31.1. The molecule has 43 heavy (non-hydrogen) atoms. The molecule has 0 saturated carbocycles. The van der Waals surface area contributed by atoms with Gasteiger partial charge >= 0.3 is 0 Å². The largest absolute Gasteiger partial charge is 0.313 e. The first kappa shape index (κ1) is 24.5. The smallest absolute Gasteiger partial charge is 0.164 e. The predicted octanol–water partition coefficient (Wildman–Crippen LogP) is 7.08. The second-order valence-electron chi connectivity index (χ2n) is 10.9. The number of benzene rings is 3. The highest BCUT2D eigenvalue weighted by Gasteiger charge is 2.33. The van der Waals surface area contributed by atoms with Crippen LogP contribution in [0.15, 0.2) is 97.1 Å². The molecule has 8 bridgehead atoms. The summed E-state index contributed by atoms with van der Waals surface area (Å²) in [6, 6.07) is 24.8. The average Bonchev–Trinajstić information content (AvgIpc) is 3.74. The van der Waals surface area contributed by atoms with Crippen LogP contribution in [0.1, 0.15) is 23.5 Å². The van der Waals surface area contributed by atoms with E-state index >= 15 is 0 Å². The molecule has 0 fully saturated rings. The predicted molar refractivity (Wildman–Crippen MR) is 173 cm³/mol. The molecule has 0 radical (unpaired) electrons. The van der Waals surface area contributed by atoms with Gasteiger partial charge in [-0.3, -0.25) is 4.34 Å². The van der Waals surface area contributed by atoms with E-state index in [1.807, 2.05) is 31.3 Å². The van der Waals surface area contributed by atoms with E-state index in [4.69, 9.17) is 29.9 Å². The molecule has 8 nitrogen and oxygen atoms in total. The van der Waals surface area contributed by atoms with Crippen LogP contribution in [0.3, 0.4) is 0 Å². The van der Waals surface area contributed by atoms with Gasteiger partial charge in [-0.25, -0.2) is 29.9 Å². The van der Waals surface area contributed by atoms with Gasteiger partial charge in [-0.2, -0.15) is 0 Å². The highest BCUT2D eigenvalue weighted by Crippen LogP contribution is 2.41. The molecule has 0 spiro atoms. The molecule has 2 aliphatic heterocycles. The maximum Gasteiger partial charge on any atom is 0.164 e. The van der Waals surface area contributed by atoms with E-state index in [2.05, 4.69) is 88.4 Å². The maximum atomic E-state index is 5.30. The Bertz CT molecular complexity index is 2380. The SMILES string of the molecule is CPn1c2nc3nc(nc4c5ccccc5c(nc5nc(nc1c1ccccc12)C1C=CC=CC51)n4C)-c1ccccc1-3. The zero-order valence-electron chi connectivity index (χ0n) is 23.5. The number of aryl methyl sites for hydroxylation is 1. The van der Waals surface area contributed by atoms with Crippen LogP contribution in [0.4, 0.5) is 0 Å². The second-order valence-corrected chi connectivity index (χ2v) is 11.8. The lowest BCUT2D eigenvalue weighted by Crippen LogP contribution is -2.05. The van der Waals surface area contributed by atoms with E-state index in [1.54, 1.807) is 0 Å². The molecule has 9 rings (SSSR count). The number of hydrogen-bond acceptors (Lipinski definition) is 6. The van der Waals surface area contributed by atoms with Crippen molar-refractivity contribution in [2.75, 3.05) is 6.66 Å². The Labute approximate surface area is 248 Å².